The lowest BCUT2D eigenvalue weighted by atomic mass is 10.2. The molecule has 9 heteroatoms. The summed E-state index contributed by atoms with van der Waals surface area (Å²) in [6.07, 6.45) is 0.267. The number of rotatable bonds is 7. The molecular formula is C20H23F2N3O3S. The van der Waals surface area contributed by atoms with Crippen LogP contribution in [-0.2, 0) is 10.0 Å². The molecule has 1 fully saturated rings. The Balaban J connectivity index is 1.44. The summed E-state index contributed by atoms with van der Waals surface area (Å²) in [5.74, 6) is -1.21. The molecule has 1 amide bonds. The molecule has 2 aromatic rings. The van der Waals surface area contributed by atoms with E-state index in [1.807, 2.05) is 4.90 Å². The summed E-state index contributed by atoms with van der Waals surface area (Å²) in [6, 6.07) is 11.6. The minimum absolute atomic E-state index is 0.0869. The van der Waals surface area contributed by atoms with Gasteiger partial charge in [-0.05, 0) is 42.8 Å². The van der Waals surface area contributed by atoms with Crippen molar-refractivity contribution in [2.24, 2.45) is 0 Å². The quantitative estimate of drug-likeness (QED) is 0.694. The number of hydrogen-bond acceptors (Lipinski definition) is 4. The molecule has 0 saturated carbocycles. The van der Waals surface area contributed by atoms with E-state index in [4.69, 9.17) is 0 Å². The lowest BCUT2D eigenvalue weighted by Crippen LogP contribution is -2.49. The van der Waals surface area contributed by atoms with Crippen molar-refractivity contribution in [2.75, 3.05) is 43.4 Å². The van der Waals surface area contributed by atoms with Gasteiger partial charge in [0.05, 0.1) is 11.4 Å². The Morgan fingerprint density at radius 2 is 1.62 bits per heavy atom. The molecule has 0 spiro atoms. The Bertz CT molecular complexity index is 944. The second kappa shape index (κ2) is 9.32. The van der Waals surface area contributed by atoms with E-state index < -0.39 is 15.8 Å². The molecular weight excluding hydrogens is 400 g/mol. The van der Waals surface area contributed by atoms with Crippen LogP contribution in [0.5, 0.6) is 0 Å². The van der Waals surface area contributed by atoms with E-state index in [0.29, 0.717) is 37.4 Å². The topological polar surface area (TPSA) is 69.7 Å². The standard InChI is InChI=1S/C20H23F2N3O3S/c21-17-8-6-16(7-9-17)20(26)23-10-3-15-29(27,28)25-13-11-24(12-14-25)19-5-2-1-4-18(19)22/h1-2,4-9H,3,10-15H2,(H,23,26). The number of nitrogens with zero attached hydrogens (tertiary/aromatic N) is 2. The maximum Gasteiger partial charge on any atom is 0.251 e. The highest BCUT2D eigenvalue weighted by molar-refractivity contribution is 7.89. The molecule has 0 radical (unpaired) electrons. The number of amides is 1. The van der Waals surface area contributed by atoms with Gasteiger partial charge in [0, 0.05) is 38.3 Å². The van der Waals surface area contributed by atoms with Gasteiger partial charge in [0.15, 0.2) is 0 Å². The molecule has 29 heavy (non-hydrogen) atoms. The van der Waals surface area contributed by atoms with E-state index in [-0.39, 0.29) is 30.4 Å². The molecule has 0 unspecified atom stereocenters. The number of hydrogen-bond donors (Lipinski definition) is 1. The number of benzene rings is 2. The highest BCUT2D eigenvalue weighted by Gasteiger charge is 2.27. The summed E-state index contributed by atoms with van der Waals surface area (Å²) in [7, 11) is -3.46. The van der Waals surface area contributed by atoms with Crippen molar-refractivity contribution in [1.82, 2.24) is 9.62 Å². The van der Waals surface area contributed by atoms with Crippen LogP contribution in [0.2, 0.25) is 0 Å². The van der Waals surface area contributed by atoms with Crippen molar-refractivity contribution in [3.63, 3.8) is 0 Å². The van der Waals surface area contributed by atoms with Crippen molar-refractivity contribution in [3.05, 3.63) is 65.7 Å². The first-order valence-electron chi connectivity index (χ1n) is 9.38. The summed E-state index contributed by atoms with van der Waals surface area (Å²) >= 11 is 0. The third kappa shape index (κ3) is 5.51. The number of nitrogens with one attached hydrogen (secondary N) is 1. The van der Waals surface area contributed by atoms with E-state index in [2.05, 4.69) is 5.32 Å². The van der Waals surface area contributed by atoms with Gasteiger partial charge in [-0.3, -0.25) is 4.79 Å². The zero-order valence-corrected chi connectivity index (χ0v) is 16.7. The monoisotopic (exact) mass is 423 g/mol. The number of para-hydroxylation sites is 1. The summed E-state index contributed by atoms with van der Waals surface area (Å²) in [6.45, 7) is 1.62. The fraction of sp³-hybridized carbons (Fsp3) is 0.350. The number of sulfonamides is 1. The van der Waals surface area contributed by atoms with Crippen LogP contribution in [0.25, 0.3) is 0 Å². The van der Waals surface area contributed by atoms with E-state index in [1.54, 1.807) is 18.2 Å². The molecule has 0 atom stereocenters. The minimum Gasteiger partial charge on any atom is -0.367 e. The molecule has 3 rings (SSSR count). The summed E-state index contributed by atoms with van der Waals surface area (Å²) in [5, 5.41) is 2.63. The van der Waals surface area contributed by atoms with Crippen molar-refractivity contribution < 1.29 is 22.0 Å². The summed E-state index contributed by atoms with van der Waals surface area (Å²) in [4.78, 5) is 13.8. The molecule has 2 aromatic carbocycles. The highest BCUT2D eigenvalue weighted by Crippen LogP contribution is 2.21. The predicted molar refractivity (Wildman–Crippen MR) is 107 cm³/mol. The third-order valence-corrected chi connectivity index (χ3v) is 6.75. The lowest BCUT2D eigenvalue weighted by Gasteiger charge is -2.35. The first-order chi connectivity index (χ1) is 13.9. The van der Waals surface area contributed by atoms with Crippen LogP contribution in [0.3, 0.4) is 0 Å². The number of anilines is 1. The van der Waals surface area contributed by atoms with Gasteiger partial charge in [-0.25, -0.2) is 17.2 Å². The average molecular weight is 423 g/mol. The van der Waals surface area contributed by atoms with Gasteiger partial charge in [0.25, 0.3) is 5.91 Å². The SMILES string of the molecule is O=C(NCCCS(=O)(=O)N1CCN(c2ccccc2F)CC1)c1ccc(F)cc1. The van der Waals surface area contributed by atoms with Crippen LogP contribution in [0, 0.1) is 11.6 Å². The van der Waals surface area contributed by atoms with E-state index in [9.17, 15) is 22.0 Å². The van der Waals surface area contributed by atoms with Crippen LogP contribution < -0.4 is 10.2 Å². The zero-order chi connectivity index (χ0) is 20.9. The van der Waals surface area contributed by atoms with E-state index in [0.717, 1.165) is 0 Å². The van der Waals surface area contributed by atoms with E-state index in [1.165, 1.54) is 34.6 Å². The summed E-state index contributed by atoms with van der Waals surface area (Å²) in [5.41, 5.74) is 0.798. The first-order valence-corrected chi connectivity index (χ1v) is 11.0. The first kappa shape index (κ1) is 21.2. The Kier molecular flexibility index (Phi) is 6.81. The lowest BCUT2D eigenvalue weighted by molar-refractivity contribution is 0.0953. The molecule has 0 aromatic heterocycles. The van der Waals surface area contributed by atoms with Crippen molar-refractivity contribution in [2.45, 2.75) is 6.42 Å². The molecule has 1 aliphatic rings. The molecule has 0 aliphatic carbocycles. The second-order valence-corrected chi connectivity index (χ2v) is 8.86. The van der Waals surface area contributed by atoms with Crippen molar-refractivity contribution >= 4 is 21.6 Å². The van der Waals surface area contributed by atoms with Crippen molar-refractivity contribution in [1.29, 1.82) is 0 Å². The largest absolute Gasteiger partial charge is 0.367 e. The van der Waals surface area contributed by atoms with E-state index >= 15 is 0 Å². The minimum atomic E-state index is -3.46. The van der Waals surface area contributed by atoms with Crippen LogP contribution in [0.4, 0.5) is 14.5 Å². The maximum atomic E-state index is 13.9. The van der Waals surface area contributed by atoms with Gasteiger partial charge in [-0.1, -0.05) is 12.1 Å². The number of carbonyl (C=O) groups is 1. The number of piperazine rings is 1. The Labute approximate surface area is 169 Å². The van der Waals surface area contributed by atoms with Gasteiger partial charge in [0.2, 0.25) is 10.0 Å². The molecule has 1 aliphatic heterocycles. The van der Waals surface area contributed by atoms with Crippen LogP contribution in [0.15, 0.2) is 48.5 Å². The fourth-order valence-electron chi connectivity index (χ4n) is 3.20. The molecule has 1 N–H and O–H groups in total. The Morgan fingerprint density at radius 3 is 2.28 bits per heavy atom. The fourth-order valence-corrected chi connectivity index (χ4v) is 4.69. The smallest absolute Gasteiger partial charge is 0.251 e. The predicted octanol–water partition coefficient (Wildman–Crippen LogP) is 2.24. The van der Waals surface area contributed by atoms with Gasteiger partial charge >= 0.3 is 0 Å². The van der Waals surface area contributed by atoms with Crippen LogP contribution in [-0.4, -0.2) is 57.1 Å². The normalized spacial score (nSPS) is 15.3. The summed E-state index contributed by atoms with van der Waals surface area (Å²) < 4.78 is 53.2. The number of halogens is 2. The second-order valence-electron chi connectivity index (χ2n) is 6.77. The Morgan fingerprint density at radius 1 is 0.966 bits per heavy atom. The zero-order valence-electron chi connectivity index (χ0n) is 15.9. The van der Waals surface area contributed by atoms with Crippen molar-refractivity contribution in [3.8, 4) is 0 Å². The molecule has 6 nitrogen and oxygen atoms in total. The van der Waals surface area contributed by atoms with Gasteiger partial charge in [-0.2, -0.15) is 4.31 Å². The number of carbonyl (C=O) groups excluding carboxylic acids is 1. The van der Waals surface area contributed by atoms with Gasteiger partial charge in [-0.15, -0.1) is 0 Å². The van der Waals surface area contributed by atoms with Gasteiger partial charge < -0.3 is 10.2 Å². The molecule has 1 saturated heterocycles. The van der Waals surface area contributed by atoms with Crippen LogP contribution >= 0.6 is 0 Å². The highest BCUT2D eigenvalue weighted by atomic mass is 32.2. The Hall–Kier alpha value is -2.52. The molecule has 1 heterocycles. The third-order valence-electron chi connectivity index (χ3n) is 4.80. The average Bonchev–Trinajstić information content (AvgIpc) is 2.72. The molecule has 156 valence electrons. The maximum absolute atomic E-state index is 13.9. The molecule has 0 bridgehead atoms. The van der Waals surface area contributed by atoms with Gasteiger partial charge in [0.1, 0.15) is 11.6 Å². The van der Waals surface area contributed by atoms with Crippen LogP contribution in [0.1, 0.15) is 16.8 Å².